The van der Waals surface area contributed by atoms with Crippen molar-refractivity contribution in [1.29, 1.82) is 5.26 Å². The van der Waals surface area contributed by atoms with E-state index in [1.165, 1.54) is 0 Å². The second-order valence-electron chi connectivity index (χ2n) is 6.66. The number of aliphatic imine (C=N–C) groups is 1. The van der Waals surface area contributed by atoms with E-state index in [1.54, 1.807) is 25.3 Å². The summed E-state index contributed by atoms with van der Waals surface area (Å²) in [4.78, 5) is 27.1. The Morgan fingerprint density at radius 3 is 2.62 bits per heavy atom. The van der Waals surface area contributed by atoms with Gasteiger partial charge < -0.3 is 10.1 Å². The Balaban J connectivity index is 3.40. The first kappa shape index (κ1) is 24.5. The highest BCUT2D eigenvalue weighted by Crippen LogP contribution is 2.25. The Hall–Kier alpha value is -2.55. The minimum atomic E-state index is -0.936. The standard InChI is InChI=1S/C21H28N5O2P/c1-14(7-8-29)24-11-21(15(2)19(10-22)13-28)26-25-20-9-17(16(3)23-4)5-6-18(20)12-27/h5-6,9,11-14,16,19,23H,7-8,29H2,1-4H3/b21-15+,24-11?,26-25?. The molecule has 4 atom stereocenters. The first-order valence-corrected chi connectivity index (χ1v) is 10.2. The molecule has 1 N–H and O–H groups in total. The van der Waals surface area contributed by atoms with Crippen LogP contribution >= 0.6 is 9.24 Å². The predicted molar refractivity (Wildman–Crippen MR) is 119 cm³/mol. The lowest BCUT2D eigenvalue weighted by Gasteiger charge is -2.11. The minimum Gasteiger partial charge on any atom is -0.313 e. The van der Waals surface area contributed by atoms with E-state index in [4.69, 9.17) is 0 Å². The van der Waals surface area contributed by atoms with Gasteiger partial charge in [-0.05, 0) is 63.7 Å². The largest absolute Gasteiger partial charge is 0.313 e. The zero-order valence-electron chi connectivity index (χ0n) is 17.3. The summed E-state index contributed by atoms with van der Waals surface area (Å²) in [6.07, 6.45) is 4.61. The molecule has 8 heteroatoms. The minimum absolute atomic E-state index is 0.0626. The van der Waals surface area contributed by atoms with Crippen LogP contribution in [0.3, 0.4) is 0 Å². The highest BCUT2D eigenvalue weighted by atomic mass is 31.0. The number of nitrogens with one attached hydrogen (secondary N) is 1. The van der Waals surface area contributed by atoms with E-state index in [9.17, 15) is 14.9 Å². The third kappa shape index (κ3) is 7.41. The van der Waals surface area contributed by atoms with Crippen molar-refractivity contribution >= 4 is 33.7 Å². The fourth-order valence-corrected chi connectivity index (χ4v) is 2.88. The summed E-state index contributed by atoms with van der Waals surface area (Å²) >= 11 is 0. The van der Waals surface area contributed by atoms with E-state index < -0.39 is 5.92 Å². The molecule has 7 nitrogen and oxygen atoms in total. The topological polar surface area (TPSA) is 107 Å². The third-order valence-corrected chi connectivity index (χ3v) is 4.89. The maximum atomic E-state index is 11.4. The van der Waals surface area contributed by atoms with Gasteiger partial charge in [0.05, 0.1) is 11.8 Å². The molecule has 0 fully saturated rings. The summed E-state index contributed by atoms with van der Waals surface area (Å²) in [5.41, 5.74) is 2.57. The van der Waals surface area contributed by atoms with Gasteiger partial charge in [-0.25, -0.2) is 0 Å². The lowest BCUT2D eigenvalue weighted by Crippen LogP contribution is -2.12. The number of rotatable bonds is 11. The van der Waals surface area contributed by atoms with E-state index in [0.717, 1.165) is 24.4 Å². The highest BCUT2D eigenvalue weighted by Gasteiger charge is 2.13. The number of azo groups is 1. The molecule has 1 aromatic carbocycles. The van der Waals surface area contributed by atoms with E-state index in [1.807, 2.05) is 33.0 Å². The second-order valence-corrected chi connectivity index (χ2v) is 7.24. The van der Waals surface area contributed by atoms with Gasteiger partial charge in [0.2, 0.25) is 0 Å². The molecule has 0 heterocycles. The molecule has 1 rings (SSSR count). The van der Waals surface area contributed by atoms with Crippen molar-refractivity contribution in [2.24, 2.45) is 21.1 Å². The van der Waals surface area contributed by atoms with Crippen molar-refractivity contribution in [2.75, 3.05) is 13.2 Å². The van der Waals surface area contributed by atoms with E-state index in [0.29, 0.717) is 28.8 Å². The number of nitrogens with zero attached hydrogens (tertiary/aromatic N) is 4. The number of aldehydes is 2. The zero-order chi connectivity index (χ0) is 21.8. The average molecular weight is 413 g/mol. The van der Waals surface area contributed by atoms with Crippen molar-refractivity contribution in [1.82, 2.24) is 5.32 Å². The van der Waals surface area contributed by atoms with Gasteiger partial charge in [-0.3, -0.25) is 9.79 Å². The Morgan fingerprint density at radius 2 is 2.07 bits per heavy atom. The molecule has 1 aromatic rings. The first-order chi connectivity index (χ1) is 13.9. The number of carbonyl (C=O) groups excluding carboxylic acids is 2. The molecule has 4 unspecified atom stereocenters. The van der Waals surface area contributed by atoms with Crippen LogP contribution in [0.25, 0.3) is 0 Å². The second kappa shape index (κ2) is 12.8. The van der Waals surface area contributed by atoms with Gasteiger partial charge in [0, 0.05) is 23.9 Å². The smallest absolute Gasteiger partial charge is 0.152 e. The van der Waals surface area contributed by atoms with Crippen LogP contribution in [0.1, 0.15) is 49.2 Å². The molecule has 0 saturated heterocycles. The summed E-state index contributed by atoms with van der Waals surface area (Å²) in [6.45, 7) is 5.62. The molecular formula is C21H28N5O2P. The number of benzene rings is 1. The van der Waals surface area contributed by atoms with Crippen molar-refractivity contribution < 1.29 is 9.59 Å². The van der Waals surface area contributed by atoms with Gasteiger partial charge in [0.25, 0.3) is 0 Å². The van der Waals surface area contributed by atoms with E-state index >= 15 is 0 Å². The quantitative estimate of drug-likeness (QED) is 0.254. The van der Waals surface area contributed by atoms with Gasteiger partial charge in [-0.15, -0.1) is 19.5 Å². The summed E-state index contributed by atoms with van der Waals surface area (Å²) < 4.78 is 0. The third-order valence-electron chi connectivity index (χ3n) is 4.56. The number of nitriles is 1. The Bertz CT molecular complexity index is 842. The summed E-state index contributed by atoms with van der Waals surface area (Å²) in [6, 6.07) is 7.42. The number of carbonyl (C=O) groups is 2. The van der Waals surface area contributed by atoms with Crippen molar-refractivity contribution in [3.05, 3.63) is 40.6 Å². The van der Waals surface area contributed by atoms with Gasteiger partial charge in [-0.1, -0.05) is 6.07 Å². The number of allylic oxidation sites excluding steroid dienone is 2. The molecule has 154 valence electrons. The van der Waals surface area contributed by atoms with Crippen LogP contribution in [0.15, 0.2) is 44.7 Å². The molecule has 0 radical (unpaired) electrons. The van der Waals surface area contributed by atoms with Crippen molar-refractivity contribution in [3.8, 4) is 6.07 Å². The molecule has 0 aliphatic carbocycles. The fraction of sp³-hybridized carbons (Fsp3) is 0.429. The molecule has 0 spiro atoms. The van der Waals surface area contributed by atoms with Crippen LogP contribution in [0, 0.1) is 17.2 Å². The SMILES string of the molecule is CNC(C)c1ccc(C=O)c(N=N/C(C=NC(C)CCP)=C(\C)C(C#N)C=O)c1. The number of hydrogen-bond donors (Lipinski definition) is 1. The fourth-order valence-electron chi connectivity index (χ4n) is 2.40. The van der Waals surface area contributed by atoms with Crippen LogP contribution in [-0.4, -0.2) is 38.0 Å². The summed E-state index contributed by atoms with van der Waals surface area (Å²) in [5, 5.41) is 20.8. The molecule has 0 saturated carbocycles. The van der Waals surface area contributed by atoms with Crippen molar-refractivity contribution in [3.63, 3.8) is 0 Å². The molecule has 0 aliphatic rings. The summed E-state index contributed by atoms with van der Waals surface area (Å²) in [5.74, 6) is -0.936. The average Bonchev–Trinajstić information content (AvgIpc) is 2.73. The van der Waals surface area contributed by atoms with Gasteiger partial charge in [-0.2, -0.15) is 5.26 Å². The maximum Gasteiger partial charge on any atom is 0.152 e. The molecule has 29 heavy (non-hydrogen) atoms. The molecule has 0 aromatic heterocycles. The maximum absolute atomic E-state index is 11.4. The Labute approximate surface area is 174 Å². The lowest BCUT2D eigenvalue weighted by atomic mass is 10.0. The predicted octanol–water partition coefficient (Wildman–Crippen LogP) is 4.20. The van der Waals surface area contributed by atoms with Crippen LogP contribution < -0.4 is 5.32 Å². The number of hydrogen-bond acceptors (Lipinski definition) is 7. The molecule has 0 aliphatic heterocycles. The van der Waals surface area contributed by atoms with Crippen LogP contribution in [0.2, 0.25) is 0 Å². The Morgan fingerprint density at radius 1 is 1.34 bits per heavy atom. The first-order valence-electron chi connectivity index (χ1n) is 9.38. The van der Waals surface area contributed by atoms with Gasteiger partial charge in [0.1, 0.15) is 17.9 Å². The van der Waals surface area contributed by atoms with Crippen LogP contribution in [0.4, 0.5) is 5.69 Å². The summed E-state index contributed by atoms with van der Waals surface area (Å²) in [7, 11) is 4.50. The van der Waals surface area contributed by atoms with E-state index in [2.05, 4.69) is 29.8 Å². The molecule has 0 bridgehead atoms. The van der Waals surface area contributed by atoms with Crippen LogP contribution in [0.5, 0.6) is 0 Å². The van der Waals surface area contributed by atoms with E-state index in [-0.39, 0.29) is 12.1 Å². The monoisotopic (exact) mass is 413 g/mol. The zero-order valence-corrected chi connectivity index (χ0v) is 18.4. The normalized spacial score (nSPS) is 15.6. The van der Waals surface area contributed by atoms with Crippen molar-refractivity contribution in [2.45, 2.75) is 39.3 Å². The van der Waals surface area contributed by atoms with Gasteiger partial charge in [0.15, 0.2) is 6.29 Å². The lowest BCUT2D eigenvalue weighted by molar-refractivity contribution is -0.109. The molecular weight excluding hydrogens is 385 g/mol. The van der Waals surface area contributed by atoms with Crippen LogP contribution in [-0.2, 0) is 4.79 Å². The molecule has 0 amide bonds. The van der Waals surface area contributed by atoms with Gasteiger partial charge >= 0.3 is 0 Å². The Kier molecular flexibility index (Phi) is 10.8. The highest BCUT2D eigenvalue weighted by molar-refractivity contribution is 7.16.